The molecular formula is C29H39N5O6. The molecule has 1 aromatic heterocycles. The number of piperidine rings is 1. The molecule has 11 heteroatoms. The second-order valence-electron chi connectivity index (χ2n) is 10.9. The predicted molar refractivity (Wildman–Crippen MR) is 150 cm³/mol. The Kier molecular flexibility index (Phi) is 8.91. The Balaban J connectivity index is 1.27. The molecule has 1 unspecified atom stereocenters. The highest BCUT2D eigenvalue weighted by Crippen LogP contribution is 2.29. The molecular weight excluding hydrogens is 514 g/mol. The van der Waals surface area contributed by atoms with Crippen LogP contribution in [0.3, 0.4) is 0 Å². The van der Waals surface area contributed by atoms with E-state index in [0.717, 1.165) is 55.7 Å². The van der Waals surface area contributed by atoms with Crippen LogP contribution in [0.4, 0.5) is 16.4 Å². The van der Waals surface area contributed by atoms with E-state index in [1.54, 1.807) is 18.2 Å². The van der Waals surface area contributed by atoms with E-state index >= 15 is 0 Å². The molecule has 1 aliphatic carbocycles. The van der Waals surface area contributed by atoms with E-state index in [-0.39, 0.29) is 25.8 Å². The van der Waals surface area contributed by atoms with Crippen LogP contribution in [-0.2, 0) is 17.7 Å². The van der Waals surface area contributed by atoms with Crippen LogP contribution in [0.1, 0.15) is 60.0 Å². The van der Waals surface area contributed by atoms with Crippen molar-refractivity contribution in [1.82, 2.24) is 15.2 Å². The van der Waals surface area contributed by atoms with E-state index in [1.165, 1.54) is 24.9 Å². The van der Waals surface area contributed by atoms with Crippen molar-refractivity contribution in [2.24, 2.45) is 0 Å². The van der Waals surface area contributed by atoms with Crippen molar-refractivity contribution in [2.75, 3.05) is 43.8 Å². The number of nitrogens with one attached hydrogen (secondary N) is 2. The highest BCUT2D eigenvalue weighted by atomic mass is 16.7. The van der Waals surface area contributed by atoms with Crippen molar-refractivity contribution < 1.29 is 29.3 Å². The lowest BCUT2D eigenvalue weighted by molar-refractivity contribution is 0.0375. The summed E-state index contributed by atoms with van der Waals surface area (Å²) in [6.07, 6.45) is 4.88. The fraction of sp³-hybridized carbons (Fsp3) is 0.552. The molecule has 2 fully saturated rings. The molecule has 2 aliphatic heterocycles. The van der Waals surface area contributed by atoms with Crippen LogP contribution in [0.25, 0.3) is 0 Å². The SMILES string of the molecule is COCOc1ccc2c(c1)CN(C(=O)O)[C@H](C(O)CNC(=O)c1cc(NC3CCC3)nc(N3CCCCC3)c1)C2. The van der Waals surface area contributed by atoms with E-state index in [0.29, 0.717) is 29.6 Å². The summed E-state index contributed by atoms with van der Waals surface area (Å²) in [5.74, 6) is 1.73. The molecule has 1 aromatic carbocycles. The van der Waals surface area contributed by atoms with Crippen LogP contribution < -0.4 is 20.3 Å². The second kappa shape index (κ2) is 12.7. The van der Waals surface area contributed by atoms with E-state index in [1.807, 2.05) is 12.1 Å². The Bertz CT molecular complexity index is 1200. The van der Waals surface area contributed by atoms with Crippen LogP contribution in [0.2, 0.25) is 0 Å². The summed E-state index contributed by atoms with van der Waals surface area (Å²) in [4.78, 5) is 33.6. The molecule has 0 spiro atoms. The molecule has 216 valence electrons. The van der Waals surface area contributed by atoms with Crippen LogP contribution in [0.5, 0.6) is 5.75 Å². The van der Waals surface area contributed by atoms with Crippen LogP contribution in [0, 0.1) is 0 Å². The number of benzene rings is 1. The van der Waals surface area contributed by atoms with Crippen molar-refractivity contribution in [1.29, 1.82) is 0 Å². The van der Waals surface area contributed by atoms with Gasteiger partial charge < -0.3 is 35.2 Å². The zero-order chi connectivity index (χ0) is 28.1. The molecule has 2 aromatic rings. The fourth-order valence-electron chi connectivity index (χ4n) is 5.56. The van der Waals surface area contributed by atoms with Gasteiger partial charge in [-0.05, 0) is 80.3 Å². The third-order valence-corrected chi connectivity index (χ3v) is 8.06. The minimum Gasteiger partial charge on any atom is -0.468 e. The minimum atomic E-state index is -1.13. The van der Waals surface area contributed by atoms with Gasteiger partial charge in [-0.3, -0.25) is 9.69 Å². The van der Waals surface area contributed by atoms with E-state index < -0.39 is 18.2 Å². The Morgan fingerprint density at radius 3 is 2.60 bits per heavy atom. The number of nitrogens with zero attached hydrogens (tertiary/aromatic N) is 3. The van der Waals surface area contributed by atoms with Gasteiger partial charge in [0.05, 0.1) is 12.1 Å². The van der Waals surface area contributed by atoms with Crippen molar-refractivity contribution in [3.8, 4) is 5.75 Å². The summed E-state index contributed by atoms with van der Waals surface area (Å²) in [5.41, 5.74) is 2.22. The lowest BCUT2D eigenvalue weighted by Crippen LogP contribution is -2.53. The molecule has 11 nitrogen and oxygen atoms in total. The molecule has 40 heavy (non-hydrogen) atoms. The first-order valence-corrected chi connectivity index (χ1v) is 14.1. The average molecular weight is 554 g/mol. The summed E-state index contributed by atoms with van der Waals surface area (Å²) in [6.45, 7) is 1.95. The number of carbonyl (C=O) groups excluding carboxylic acids is 1. The Morgan fingerprint density at radius 1 is 1.10 bits per heavy atom. The number of ether oxygens (including phenoxy) is 2. The topological polar surface area (TPSA) is 136 Å². The number of fused-ring (bicyclic) bond motifs is 1. The number of hydrogen-bond acceptors (Lipinski definition) is 8. The molecule has 3 aliphatic rings. The number of anilines is 2. The number of amides is 2. The number of carboxylic acid groups (broad SMARTS) is 1. The summed E-state index contributed by atoms with van der Waals surface area (Å²) < 4.78 is 10.4. The quantitative estimate of drug-likeness (QED) is 0.327. The maximum atomic E-state index is 13.3. The lowest BCUT2D eigenvalue weighted by Gasteiger charge is -2.37. The monoisotopic (exact) mass is 553 g/mol. The Hall–Kier alpha value is -3.57. The normalized spacial score (nSPS) is 19.8. The van der Waals surface area contributed by atoms with Gasteiger partial charge in [0.25, 0.3) is 5.91 Å². The Labute approximate surface area is 234 Å². The van der Waals surface area contributed by atoms with Crippen molar-refractivity contribution in [3.63, 3.8) is 0 Å². The van der Waals surface area contributed by atoms with Crippen molar-refractivity contribution in [3.05, 3.63) is 47.0 Å². The molecule has 5 rings (SSSR count). The number of aliphatic hydroxyl groups excluding tert-OH is 1. The summed E-state index contributed by atoms with van der Waals surface area (Å²) in [7, 11) is 1.53. The molecule has 1 saturated heterocycles. The first-order valence-electron chi connectivity index (χ1n) is 14.1. The van der Waals surface area contributed by atoms with Gasteiger partial charge in [-0.15, -0.1) is 0 Å². The van der Waals surface area contributed by atoms with Gasteiger partial charge in [-0.25, -0.2) is 9.78 Å². The van der Waals surface area contributed by atoms with Gasteiger partial charge in [0.15, 0.2) is 6.79 Å². The van der Waals surface area contributed by atoms with Crippen LogP contribution >= 0.6 is 0 Å². The Morgan fingerprint density at radius 2 is 1.90 bits per heavy atom. The van der Waals surface area contributed by atoms with Gasteiger partial charge in [-0.1, -0.05) is 6.07 Å². The van der Waals surface area contributed by atoms with Gasteiger partial charge >= 0.3 is 6.09 Å². The third kappa shape index (κ3) is 6.59. The first kappa shape index (κ1) is 28.0. The van der Waals surface area contributed by atoms with Gasteiger partial charge in [-0.2, -0.15) is 0 Å². The maximum Gasteiger partial charge on any atom is 0.407 e. The number of hydrogen-bond donors (Lipinski definition) is 4. The summed E-state index contributed by atoms with van der Waals surface area (Å²) in [5, 5.41) is 27.2. The highest BCUT2D eigenvalue weighted by Gasteiger charge is 2.35. The third-order valence-electron chi connectivity index (χ3n) is 8.06. The van der Waals surface area contributed by atoms with Crippen molar-refractivity contribution in [2.45, 2.75) is 69.7 Å². The summed E-state index contributed by atoms with van der Waals surface area (Å²) in [6, 6.07) is 8.73. The minimum absolute atomic E-state index is 0.0790. The molecule has 1 saturated carbocycles. The van der Waals surface area contributed by atoms with E-state index in [4.69, 9.17) is 14.5 Å². The fourth-order valence-corrected chi connectivity index (χ4v) is 5.56. The number of carbonyl (C=O) groups is 2. The van der Waals surface area contributed by atoms with Crippen LogP contribution in [-0.4, -0.2) is 83.8 Å². The predicted octanol–water partition coefficient (Wildman–Crippen LogP) is 3.21. The number of aliphatic hydroxyl groups is 1. The van der Waals surface area contributed by atoms with Gasteiger partial charge in [0.2, 0.25) is 0 Å². The maximum absolute atomic E-state index is 13.3. The molecule has 0 bridgehead atoms. The molecule has 4 N–H and O–H groups in total. The second-order valence-corrected chi connectivity index (χ2v) is 10.9. The van der Waals surface area contributed by atoms with E-state index in [2.05, 4.69) is 15.5 Å². The smallest absolute Gasteiger partial charge is 0.407 e. The largest absolute Gasteiger partial charge is 0.468 e. The van der Waals surface area contributed by atoms with Crippen LogP contribution in [0.15, 0.2) is 30.3 Å². The first-order chi connectivity index (χ1) is 19.4. The number of rotatable bonds is 10. The van der Waals surface area contributed by atoms with Gasteiger partial charge in [0, 0.05) is 44.9 Å². The van der Waals surface area contributed by atoms with Crippen molar-refractivity contribution >= 4 is 23.6 Å². The molecule has 2 atom stereocenters. The molecule has 2 amide bonds. The number of methoxy groups -OCH3 is 1. The zero-order valence-corrected chi connectivity index (χ0v) is 23.0. The molecule has 3 heterocycles. The summed E-state index contributed by atoms with van der Waals surface area (Å²) >= 11 is 0. The zero-order valence-electron chi connectivity index (χ0n) is 23.0. The standard InChI is InChI=1S/C29H39N5O6/c1-39-18-40-23-9-8-19-13-24(34(29(37)38)17-21(19)12-23)25(35)16-30-28(36)20-14-26(31-22-6-5-7-22)32-27(15-20)33-10-3-2-4-11-33/h8-9,12,14-15,22,24-25,35H,2-7,10-11,13,16-18H2,1H3,(H,30,36)(H,31,32)(H,37,38)/t24-,25?/m0/s1. The van der Waals surface area contributed by atoms with E-state index in [9.17, 15) is 19.8 Å². The molecule has 0 radical (unpaired) electrons. The lowest BCUT2D eigenvalue weighted by atomic mass is 9.91. The highest BCUT2D eigenvalue weighted by molar-refractivity contribution is 5.95. The number of pyridine rings is 1. The average Bonchev–Trinajstić information content (AvgIpc) is 2.96. The van der Waals surface area contributed by atoms with Gasteiger partial charge in [0.1, 0.15) is 17.4 Å². The number of aromatic nitrogens is 1.